The van der Waals surface area contributed by atoms with Crippen molar-refractivity contribution < 1.29 is 0 Å². The molecule has 0 saturated carbocycles. The third kappa shape index (κ3) is 1.97. The van der Waals surface area contributed by atoms with Gasteiger partial charge in [-0.15, -0.1) is 0 Å². The number of benzene rings is 1. The van der Waals surface area contributed by atoms with Crippen LogP contribution in [0.2, 0.25) is 0 Å². The second-order valence-electron chi connectivity index (χ2n) is 5.10. The second-order valence-corrected chi connectivity index (χ2v) is 5.10. The maximum Gasteiger partial charge on any atom is 0.150 e. The molecule has 1 aromatic carbocycles. The molecule has 4 nitrogen and oxygen atoms in total. The first-order chi connectivity index (χ1) is 9.20. The van der Waals surface area contributed by atoms with E-state index in [0.717, 1.165) is 43.1 Å². The molecule has 1 aromatic heterocycles. The lowest BCUT2D eigenvalue weighted by Crippen LogP contribution is -2.32. The van der Waals surface area contributed by atoms with E-state index in [1.165, 1.54) is 11.1 Å². The Hall–Kier alpha value is -1.97. The van der Waals surface area contributed by atoms with Crippen LogP contribution in [0.4, 0.5) is 11.5 Å². The fraction of sp³-hybridized carbons (Fsp3) is 0.400. The summed E-state index contributed by atoms with van der Waals surface area (Å²) in [5.74, 6) is 1.06. The quantitative estimate of drug-likeness (QED) is 0.895. The summed E-state index contributed by atoms with van der Waals surface area (Å²) in [6.07, 6.45) is 1.95. The molecular formula is C15H20N4. The van der Waals surface area contributed by atoms with Crippen molar-refractivity contribution in [2.24, 2.45) is 7.05 Å². The predicted octanol–water partition coefficient (Wildman–Crippen LogP) is 2.13. The van der Waals surface area contributed by atoms with E-state index < -0.39 is 0 Å². The minimum absolute atomic E-state index is 0.837. The third-order valence-electron chi connectivity index (χ3n) is 3.89. The van der Waals surface area contributed by atoms with E-state index in [0.29, 0.717) is 0 Å². The van der Waals surface area contributed by atoms with Crippen molar-refractivity contribution in [2.75, 3.05) is 17.2 Å². The summed E-state index contributed by atoms with van der Waals surface area (Å²) >= 11 is 0. The van der Waals surface area contributed by atoms with Crippen molar-refractivity contribution in [1.82, 2.24) is 9.78 Å². The lowest BCUT2D eigenvalue weighted by atomic mass is 10.00. The summed E-state index contributed by atoms with van der Waals surface area (Å²) in [6, 6.07) is 8.64. The second kappa shape index (κ2) is 4.61. The number of rotatable bonds is 2. The minimum atomic E-state index is 0.837. The predicted molar refractivity (Wildman–Crippen MR) is 78.2 cm³/mol. The molecule has 4 heteroatoms. The van der Waals surface area contributed by atoms with Gasteiger partial charge in [0.15, 0.2) is 5.82 Å². The number of hydrogen-bond donors (Lipinski definition) is 1. The van der Waals surface area contributed by atoms with E-state index in [-0.39, 0.29) is 0 Å². The van der Waals surface area contributed by atoms with Crippen molar-refractivity contribution in [2.45, 2.75) is 26.3 Å². The van der Waals surface area contributed by atoms with E-state index in [1.807, 2.05) is 11.7 Å². The Bertz CT molecular complexity index is 600. The van der Waals surface area contributed by atoms with Crippen molar-refractivity contribution in [3.05, 3.63) is 41.1 Å². The monoisotopic (exact) mass is 256 g/mol. The molecule has 0 spiro atoms. The topological polar surface area (TPSA) is 47.1 Å². The minimum Gasteiger partial charge on any atom is -0.394 e. The van der Waals surface area contributed by atoms with Gasteiger partial charge < -0.3 is 10.6 Å². The van der Waals surface area contributed by atoms with Gasteiger partial charge in [0.1, 0.15) is 0 Å². The maximum absolute atomic E-state index is 6.24. The molecule has 1 aliphatic heterocycles. The van der Waals surface area contributed by atoms with E-state index in [4.69, 9.17) is 5.73 Å². The Balaban J connectivity index is 1.95. The smallest absolute Gasteiger partial charge is 0.150 e. The molecule has 2 aromatic rings. The molecule has 2 heterocycles. The fourth-order valence-electron chi connectivity index (χ4n) is 2.90. The molecule has 0 amide bonds. The van der Waals surface area contributed by atoms with Crippen LogP contribution in [0.1, 0.15) is 23.7 Å². The number of nitrogen functional groups attached to an aromatic ring is 1. The van der Waals surface area contributed by atoms with Gasteiger partial charge in [0.05, 0.1) is 11.4 Å². The lowest BCUT2D eigenvalue weighted by Gasteiger charge is -2.30. The summed E-state index contributed by atoms with van der Waals surface area (Å²) in [5.41, 5.74) is 10.9. The Labute approximate surface area is 113 Å². The number of aromatic nitrogens is 2. The van der Waals surface area contributed by atoms with Crippen molar-refractivity contribution in [3.63, 3.8) is 0 Å². The average Bonchev–Trinajstić information content (AvgIpc) is 2.73. The van der Waals surface area contributed by atoms with Gasteiger partial charge in [0, 0.05) is 20.1 Å². The number of nitrogens with zero attached hydrogens (tertiary/aromatic N) is 3. The van der Waals surface area contributed by atoms with Crippen LogP contribution in [0.3, 0.4) is 0 Å². The fourth-order valence-corrected chi connectivity index (χ4v) is 2.90. The van der Waals surface area contributed by atoms with Gasteiger partial charge in [-0.1, -0.05) is 31.2 Å². The Morgan fingerprint density at radius 3 is 2.68 bits per heavy atom. The lowest BCUT2D eigenvalue weighted by molar-refractivity contribution is 0.667. The Morgan fingerprint density at radius 1 is 1.26 bits per heavy atom. The van der Waals surface area contributed by atoms with Crippen LogP contribution in [-0.2, 0) is 26.4 Å². The zero-order valence-electron chi connectivity index (χ0n) is 11.6. The molecular weight excluding hydrogens is 236 g/mol. The average molecular weight is 256 g/mol. The molecule has 19 heavy (non-hydrogen) atoms. The zero-order chi connectivity index (χ0) is 13.4. The molecule has 0 atom stereocenters. The van der Waals surface area contributed by atoms with Gasteiger partial charge in [0.2, 0.25) is 0 Å². The molecule has 3 rings (SSSR count). The first-order valence-corrected chi connectivity index (χ1v) is 6.83. The summed E-state index contributed by atoms with van der Waals surface area (Å²) in [4.78, 5) is 2.34. The summed E-state index contributed by atoms with van der Waals surface area (Å²) in [7, 11) is 1.98. The number of hydrogen-bond acceptors (Lipinski definition) is 3. The highest BCUT2D eigenvalue weighted by molar-refractivity contribution is 5.67. The molecule has 0 unspecified atom stereocenters. The van der Waals surface area contributed by atoms with E-state index >= 15 is 0 Å². The molecule has 100 valence electrons. The van der Waals surface area contributed by atoms with Gasteiger partial charge in [-0.3, -0.25) is 4.68 Å². The summed E-state index contributed by atoms with van der Waals surface area (Å²) in [5, 5.41) is 4.51. The van der Waals surface area contributed by atoms with E-state index in [1.54, 1.807) is 0 Å². The molecule has 1 aliphatic rings. The number of nitrogens with two attached hydrogens (primary N) is 1. The Morgan fingerprint density at radius 2 is 2.00 bits per heavy atom. The van der Waals surface area contributed by atoms with Gasteiger partial charge in [-0.2, -0.15) is 5.10 Å². The highest BCUT2D eigenvalue weighted by Crippen LogP contribution is 2.30. The van der Waals surface area contributed by atoms with E-state index in [9.17, 15) is 0 Å². The van der Waals surface area contributed by atoms with Crippen molar-refractivity contribution in [3.8, 4) is 0 Å². The van der Waals surface area contributed by atoms with Gasteiger partial charge in [0.25, 0.3) is 0 Å². The van der Waals surface area contributed by atoms with Crippen LogP contribution in [0.15, 0.2) is 24.3 Å². The van der Waals surface area contributed by atoms with Crippen LogP contribution in [0.25, 0.3) is 0 Å². The van der Waals surface area contributed by atoms with Crippen molar-refractivity contribution >= 4 is 11.5 Å². The largest absolute Gasteiger partial charge is 0.394 e. The zero-order valence-corrected chi connectivity index (χ0v) is 11.6. The first-order valence-electron chi connectivity index (χ1n) is 6.83. The van der Waals surface area contributed by atoms with E-state index in [2.05, 4.69) is 41.2 Å². The Kier molecular flexibility index (Phi) is 2.93. The van der Waals surface area contributed by atoms with Gasteiger partial charge in [-0.05, 0) is 24.0 Å². The van der Waals surface area contributed by atoms with Crippen LogP contribution >= 0.6 is 0 Å². The molecule has 2 N–H and O–H groups in total. The maximum atomic E-state index is 6.24. The number of anilines is 2. The van der Waals surface area contributed by atoms with Gasteiger partial charge >= 0.3 is 0 Å². The number of fused-ring (bicyclic) bond motifs is 1. The molecule has 0 bridgehead atoms. The molecule has 0 saturated heterocycles. The van der Waals surface area contributed by atoms with Crippen LogP contribution in [-0.4, -0.2) is 16.3 Å². The first kappa shape index (κ1) is 12.1. The van der Waals surface area contributed by atoms with Crippen molar-refractivity contribution in [1.29, 1.82) is 0 Å². The molecule has 0 radical (unpaired) electrons. The standard InChI is InChI=1S/C15H20N4/c1-3-13-14(16)15(18(2)17-13)19-9-8-11-6-4-5-7-12(11)10-19/h4-7H,3,8-10,16H2,1-2H3. The highest BCUT2D eigenvalue weighted by Gasteiger charge is 2.22. The molecule has 0 fully saturated rings. The van der Waals surface area contributed by atoms with Crippen LogP contribution < -0.4 is 10.6 Å². The number of aryl methyl sites for hydroxylation is 2. The highest BCUT2D eigenvalue weighted by atomic mass is 15.4. The normalized spacial score (nSPS) is 14.5. The molecule has 0 aliphatic carbocycles. The van der Waals surface area contributed by atoms with Gasteiger partial charge in [-0.25, -0.2) is 0 Å². The summed E-state index contributed by atoms with van der Waals surface area (Å²) < 4.78 is 1.92. The SMILES string of the molecule is CCc1nn(C)c(N2CCc3ccccc3C2)c1N. The summed E-state index contributed by atoms with van der Waals surface area (Å²) in [6.45, 7) is 4.01. The van der Waals surface area contributed by atoms with Crippen LogP contribution in [0, 0.1) is 0 Å². The third-order valence-corrected chi connectivity index (χ3v) is 3.89. The van der Waals surface area contributed by atoms with Crippen LogP contribution in [0.5, 0.6) is 0 Å².